The molecule has 94 valence electrons. The zero-order valence-electron chi connectivity index (χ0n) is 10.1. The van der Waals surface area contributed by atoms with Crippen LogP contribution in [0.3, 0.4) is 0 Å². The molecule has 0 aliphatic carbocycles. The quantitative estimate of drug-likeness (QED) is 0.927. The third-order valence-corrected chi connectivity index (χ3v) is 3.19. The standard InChI is InChI=1S/C13H13ClN2O2/c1-8-12(13(17)18)16(9(2)15-8)7-10-5-3-4-6-11(10)14/h3-6H,7H2,1-2H3,(H,17,18). The number of rotatable bonds is 3. The number of carboxylic acids is 1. The van der Waals surface area contributed by atoms with Crippen molar-refractivity contribution in [1.82, 2.24) is 9.55 Å². The second-order valence-electron chi connectivity index (χ2n) is 4.08. The molecule has 2 aromatic rings. The smallest absolute Gasteiger partial charge is 0.354 e. The van der Waals surface area contributed by atoms with Crippen LogP contribution in [-0.2, 0) is 6.54 Å². The summed E-state index contributed by atoms with van der Waals surface area (Å²) in [6.45, 7) is 3.89. The third kappa shape index (κ3) is 2.24. The molecule has 1 aromatic heterocycles. The van der Waals surface area contributed by atoms with Crippen LogP contribution in [0.2, 0.25) is 5.02 Å². The molecule has 0 saturated carbocycles. The third-order valence-electron chi connectivity index (χ3n) is 2.82. The molecule has 5 heteroatoms. The summed E-state index contributed by atoms with van der Waals surface area (Å²) < 4.78 is 1.67. The number of aromatic carboxylic acids is 1. The van der Waals surface area contributed by atoms with E-state index in [-0.39, 0.29) is 5.69 Å². The highest BCUT2D eigenvalue weighted by Gasteiger charge is 2.18. The molecule has 0 amide bonds. The van der Waals surface area contributed by atoms with Gasteiger partial charge in [-0.05, 0) is 25.5 Å². The summed E-state index contributed by atoms with van der Waals surface area (Å²) in [5.74, 6) is -0.301. The van der Waals surface area contributed by atoms with E-state index >= 15 is 0 Å². The molecular weight excluding hydrogens is 252 g/mol. The van der Waals surface area contributed by atoms with Gasteiger partial charge in [0.25, 0.3) is 0 Å². The Morgan fingerprint density at radius 3 is 2.67 bits per heavy atom. The number of carboxylic acid groups (broad SMARTS) is 1. The van der Waals surface area contributed by atoms with Crippen LogP contribution in [-0.4, -0.2) is 20.6 Å². The lowest BCUT2D eigenvalue weighted by atomic mass is 10.2. The molecule has 2 rings (SSSR count). The average Bonchev–Trinajstić information content (AvgIpc) is 2.57. The van der Waals surface area contributed by atoms with Crippen LogP contribution < -0.4 is 0 Å². The van der Waals surface area contributed by atoms with Crippen LogP contribution in [0.1, 0.15) is 27.6 Å². The lowest BCUT2D eigenvalue weighted by Gasteiger charge is -2.09. The topological polar surface area (TPSA) is 55.1 Å². The largest absolute Gasteiger partial charge is 0.477 e. The molecule has 0 saturated heterocycles. The van der Waals surface area contributed by atoms with Crippen LogP contribution in [0.25, 0.3) is 0 Å². The van der Waals surface area contributed by atoms with E-state index in [4.69, 9.17) is 11.6 Å². The van der Waals surface area contributed by atoms with Crippen molar-refractivity contribution >= 4 is 17.6 Å². The van der Waals surface area contributed by atoms with Gasteiger partial charge in [-0.1, -0.05) is 29.8 Å². The van der Waals surface area contributed by atoms with Crippen LogP contribution >= 0.6 is 11.6 Å². The van der Waals surface area contributed by atoms with Gasteiger partial charge < -0.3 is 9.67 Å². The van der Waals surface area contributed by atoms with Crippen molar-refractivity contribution in [2.75, 3.05) is 0 Å². The molecular formula is C13H13ClN2O2. The van der Waals surface area contributed by atoms with Crippen LogP contribution in [0.15, 0.2) is 24.3 Å². The number of carbonyl (C=O) groups is 1. The van der Waals surface area contributed by atoms with E-state index in [0.717, 1.165) is 5.56 Å². The maximum Gasteiger partial charge on any atom is 0.354 e. The Hall–Kier alpha value is -1.81. The van der Waals surface area contributed by atoms with E-state index in [1.54, 1.807) is 24.5 Å². The lowest BCUT2D eigenvalue weighted by molar-refractivity contribution is 0.0684. The fourth-order valence-corrected chi connectivity index (χ4v) is 2.17. The molecule has 18 heavy (non-hydrogen) atoms. The summed E-state index contributed by atoms with van der Waals surface area (Å²) in [6.07, 6.45) is 0. The molecule has 1 N–H and O–H groups in total. The molecule has 1 heterocycles. The molecule has 0 spiro atoms. The minimum absolute atomic E-state index is 0.215. The van der Waals surface area contributed by atoms with Gasteiger partial charge in [0.1, 0.15) is 5.82 Å². The Labute approximate surface area is 110 Å². The van der Waals surface area contributed by atoms with Gasteiger partial charge in [-0.2, -0.15) is 0 Å². The summed E-state index contributed by atoms with van der Waals surface area (Å²) in [6, 6.07) is 7.38. The zero-order chi connectivity index (χ0) is 13.3. The molecule has 0 radical (unpaired) electrons. The predicted molar refractivity (Wildman–Crippen MR) is 69.2 cm³/mol. The number of imidazole rings is 1. The number of nitrogens with zero attached hydrogens (tertiary/aromatic N) is 2. The first-order chi connectivity index (χ1) is 8.50. The van der Waals surface area contributed by atoms with Gasteiger partial charge in [0, 0.05) is 5.02 Å². The zero-order valence-corrected chi connectivity index (χ0v) is 10.9. The van der Waals surface area contributed by atoms with E-state index < -0.39 is 5.97 Å². The summed E-state index contributed by atoms with van der Waals surface area (Å²) >= 11 is 6.08. The lowest BCUT2D eigenvalue weighted by Crippen LogP contribution is -2.12. The molecule has 4 nitrogen and oxygen atoms in total. The van der Waals surface area contributed by atoms with Gasteiger partial charge in [-0.3, -0.25) is 0 Å². The van der Waals surface area contributed by atoms with Crippen molar-refractivity contribution < 1.29 is 9.90 Å². The van der Waals surface area contributed by atoms with Gasteiger partial charge in [-0.15, -0.1) is 0 Å². The number of hydrogen-bond donors (Lipinski definition) is 1. The van der Waals surface area contributed by atoms with Crippen molar-refractivity contribution in [1.29, 1.82) is 0 Å². The molecule has 0 aliphatic heterocycles. The van der Waals surface area contributed by atoms with Crippen molar-refractivity contribution in [3.8, 4) is 0 Å². The fraction of sp³-hybridized carbons (Fsp3) is 0.231. The number of benzene rings is 1. The van der Waals surface area contributed by atoms with Crippen molar-refractivity contribution in [3.05, 3.63) is 52.1 Å². The molecule has 0 unspecified atom stereocenters. The second kappa shape index (κ2) is 4.82. The number of aromatic nitrogens is 2. The van der Waals surface area contributed by atoms with E-state index in [0.29, 0.717) is 23.1 Å². The summed E-state index contributed by atoms with van der Waals surface area (Å²) in [4.78, 5) is 15.4. The Balaban J connectivity index is 2.47. The van der Waals surface area contributed by atoms with E-state index in [9.17, 15) is 9.90 Å². The Morgan fingerprint density at radius 1 is 1.39 bits per heavy atom. The fourth-order valence-electron chi connectivity index (χ4n) is 1.97. The van der Waals surface area contributed by atoms with Gasteiger partial charge in [0.2, 0.25) is 0 Å². The number of aryl methyl sites for hydroxylation is 2. The van der Waals surface area contributed by atoms with Crippen LogP contribution in [0, 0.1) is 13.8 Å². The maximum atomic E-state index is 11.2. The van der Waals surface area contributed by atoms with Gasteiger partial charge >= 0.3 is 5.97 Å². The first kappa shape index (κ1) is 12.6. The predicted octanol–water partition coefficient (Wildman–Crippen LogP) is 2.90. The Bertz CT molecular complexity index is 605. The van der Waals surface area contributed by atoms with Crippen molar-refractivity contribution in [2.24, 2.45) is 0 Å². The molecule has 0 aliphatic rings. The first-order valence-corrected chi connectivity index (χ1v) is 5.89. The monoisotopic (exact) mass is 264 g/mol. The molecule has 0 bridgehead atoms. The average molecular weight is 265 g/mol. The van der Waals surface area contributed by atoms with Gasteiger partial charge in [-0.25, -0.2) is 9.78 Å². The van der Waals surface area contributed by atoms with E-state index in [2.05, 4.69) is 4.98 Å². The minimum Gasteiger partial charge on any atom is -0.477 e. The number of hydrogen-bond acceptors (Lipinski definition) is 2. The summed E-state index contributed by atoms with van der Waals surface area (Å²) in [5.41, 5.74) is 1.61. The number of halogens is 1. The van der Waals surface area contributed by atoms with E-state index in [1.165, 1.54) is 0 Å². The van der Waals surface area contributed by atoms with Crippen LogP contribution in [0.4, 0.5) is 0 Å². The van der Waals surface area contributed by atoms with E-state index in [1.807, 2.05) is 18.2 Å². The van der Waals surface area contributed by atoms with Gasteiger partial charge in [0.05, 0.1) is 12.2 Å². The summed E-state index contributed by atoms with van der Waals surface area (Å²) in [7, 11) is 0. The van der Waals surface area contributed by atoms with Crippen molar-refractivity contribution in [2.45, 2.75) is 20.4 Å². The maximum absolute atomic E-state index is 11.2. The molecule has 0 fully saturated rings. The Morgan fingerprint density at radius 2 is 2.06 bits per heavy atom. The summed E-state index contributed by atoms with van der Waals surface area (Å²) in [5, 5.41) is 9.84. The molecule has 0 atom stereocenters. The van der Waals surface area contributed by atoms with Gasteiger partial charge in [0.15, 0.2) is 5.69 Å². The highest BCUT2D eigenvalue weighted by atomic mass is 35.5. The highest BCUT2D eigenvalue weighted by Crippen LogP contribution is 2.19. The first-order valence-electron chi connectivity index (χ1n) is 5.51. The minimum atomic E-state index is -0.972. The highest BCUT2D eigenvalue weighted by molar-refractivity contribution is 6.31. The second-order valence-corrected chi connectivity index (χ2v) is 4.48. The Kier molecular flexibility index (Phi) is 3.39. The SMILES string of the molecule is Cc1nc(C)n(Cc2ccccc2Cl)c1C(=O)O. The molecule has 1 aromatic carbocycles. The normalized spacial score (nSPS) is 10.6. The van der Waals surface area contributed by atoms with Crippen molar-refractivity contribution in [3.63, 3.8) is 0 Å². The van der Waals surface area contributed by atoms with Crippen LogP contribution in [0.5, 0.6) is 0 Å².